The van der Waals surface area contributed by atoms with Gasteiger partial charge in [0.1, 0.15) is 0 Å². The summed E-state index contributed by atoms with van der Waals surface area (Å²) in [6, 6.07) is 0. The van der Waals surface area contributed by atoms with Crippen molar-refractivity contribution in [2.75, 3.05) is 37.6 Å². The SMILES string of the molecule is CCC(C)(CN1CCN(c2nccs2)CC1)C(=O)O. The Morgan fingerprint density at radius 2 is 2.16 bits per heavy atom. The summed E-state index contributed by atoms with van der Waals surface area (Å²) < 4.78 is 0. The number of piperazine rings is 1. The molecule has 1 aliphatic heterocycles. The van der Waals surface area contributed by atoms with Crippen LogP contribution in [0, 0.1) is 5.41 Å². The molecule has 0 spiro atoms. The zero-order valence-electron chi connectivity index (χ0n) is 11.5. The molecular weight excluding hydrogens is 262 g/mol. The molecule has 1 fully saturated rings. The molecule has 0 aromatic carbocycles. The first-order valence-corrected chi connectivity index (χ1v) is 7.53. The standard InChI is InChI=1S/C13H21N3O2S/c1-3-13(2,11(17)18)10-15-5-7-16(8-6-15)12-14-4-9-19-12/h4,9H,3,5-8,10H2,1-2H3,(H,17,18). The molecule has 1 N–H and O–H groups in total. The Morgan fingerprint density at radius 3 is 2.63 bits per heavy atom. The minimum Gasteiger partial charge on any atom is -0.481 e. The number of nitrogens with zero attached hydrogens (tertiary/aromatic N) is 3. The maximum Gasteiger partial charge on any atom is 0.310 e. The lowest BCUT2D eigenvalue weighted by molar-refractivity contribution is -0.149. The number of hydrogen-bond acceptors (Lipinski definition) is 5. The van der Waals surface area contributed by atoms with E-state index in [2.05, 4.69) is 14.8 Å². The molecule has 1 atom stereocenters. The summed E-state index contributed by atoms with van der Waals surface area (Å²) in [5, 5.41) is 12.4. The van der Waals surface area contributed by atoms with Crippen molar-refractivity contribution in [3.8, 4) is 0 Å². The fourth-order valence-electron chi connectivity index (χ4n) is 2.29. The van der Waals surface area contributed by atoms with Gasteiger partial charge in [0.15, 0.2) is 5.13 Å². The van der Waals surface area contributed by atoms with E-state index in [0.717, 1.165) is 31.3 Å². The lowest BCUT2D eigenvalue weighted by Crippen LogP contribution is -2.50. The average Bonchev–Trinajstić information content (AvgIpc) is 2.93. The Kier molecular flexibility index (Phi) is 4.42. The van der Waals surface area contributed by atoms with Gasteiger partial charge in [-0.15, -0.1) is 11.3 Å². The van der Waals surface area contributed by atoms with Gasteiger partial charge in [0.05, 0.1) is 5.41 Å². The van der Waals surface area contributed by atoms with E-state index in [-0.39, 0.29) is 0 Å². The molecule has 0 aliphatic carbocycles. The monoisotopic (exact) mass is 283 g/mol. The fourth-order valence-corrected chi connectivity index (χ4v) is 2.99. The Bertz CT molecular complexity index is 416. The second-order valence-corrected chi connectivity index (χ2v) is 6.17. The van der Waals surface area contributed by atoms with E-state index in [1.165, 1.54) is 0 Å². The number of carbonyl (C=O) groups is 1. The summed E-state index contributed by atoms with van der Waals surface area (Å²) in [6.07, 6.45) is 2.49. The number of aliphatic carboxylic acids is 1. The van der Waals surface area contributed by atoms with Gasteiger partial charge in [-0.1, -0.05) is 6.92 Å². The normalized spacial score (nSPS) is 20.2. The molecule has 5 nitrogen and oxygen atoms in total. The van der Waals surface area contributed by atoms with Crippen molar-refractivity contribution >= 4 is 22.4 Å². The Hall–Kier alpha value is -1.14. The number of rotatable bonds is 5. The van der Waals surface area contributed by atoms with E-state index in [1.807, 2.05) is 25.4 Å². The summed E-state index contributed by atoms with van der Waals surface area (Å²) in [7, 11) is 0. The second kappa shape index (κ2) is 5.88. The van der Waals surface area contributed by atoms with Gasteiger partial charge in [-0.25, -0.2) is 4.98 Å². The molecule has 2 heterocycles. The first-order valence-electron chi connectivity index (χ1n) is 6.65. The van der Waals surface area contributed by atoms with Crippen LogP contribution in [0.3, 0.4) is 0 Å². The lowest BCUT2D eigenvalue weighted by Gasteiger charge is -2.38. The molecule has 2 rings (SSSR count). The molecule has 6 heteroatoms. The van der Waals surface area contributed by atoms with Crippen LogP contribution in [0.5, 0.6) is 0 Å². The molecule has 1 aromatic rings. The van der Waals surface area contributed by atoms with Crippen LogP contribution in [-0.4, -0.2) is 53.7 Å². The first kappa shape index (κ1) is 14.3. The zero-order valence-corrected chi connectivity index (χ0v) is 12.3. The second-order valence-electron chi connectivity index (χ2n) is 5.30. The molecule has 0 amide bonds. The largest absolute Gasteiger partial charge is 0.481 e. The minimum atomic E-state index is -0.697. The average molecular weight is 283 g/mol. The number of thiazole rings is 1. The topological polar surface area (TPSA) is 56.7 Å². The van der Waals surface area contributed by atoms with Crippen molar-refractivity contribution in [3.05, 3.63) is 11.6 Å². The third-order valence-corrected chi connectivity index (χ3v) is 4.76. The van der Waals surface area contributed by atoms with Gasteiger partial charge in [-0.2, -0.15) is 0 Å². The summed E-state index contributed by atoms with van der Waals surface area (Å²) in [5.74, 6) is -0.697. The predicted molar refractivity (Wildman–Crippen MR) is 76.8 cm³/mol. The molecule has 0 saturated carbocycles. The van der Waals surface area contributed by atoms with Crippen LogP contribution in [0.4, 0.5) is 5.13 Å². The highest BCUT2D eigenvalue weighted by Crippen LogP contribution is 2.25. The molecule has 1 saturated heterocycles. The van der Waals surface area contributed by atoms with Gasteiger partial charge in [-0.3, -0.25) is 9.69 Å². The molecule has 1 aliphatic rings. The highest BCUT2D eigenvalue weighted by molar-refractivity contribution is 7.13. The van der Waals surface area contributed by atoms with Crippen molar-refractivity contribution in [2.24, 2.45) is 5.41 Å². The summed E-state index contributed by atoms with van der Waals surface area (Å²) in [6.45, 7) is 8.07. The van der Waals surface area contributed by atoms with E-state index >= 15 is 0 Å². The predicted octanol–water partition coefficient (Wildman–Crippen LogP) is 1.77. The number of carboxylic acids is 1. The van der Waals surface area contributed by atoms with Crippen LogP contribution in [-0.2, 0) is 4.79 Å². The van der Waals surface area contributed by atoms with Crippen LogP contribution >= 0.6 is 11.3 Å². The van der Waals surface area contributed by atoms with Crippen LogP contribution in [0.25, 0.3) is 0 Å². The minimum absolute atomic E-state index is 0.630. The molecule has 0 radical (unpaired) electrons. The third-order valence-electron chi connectivity index (χ3n) is 3.93. The van der Waals surface area contributed by atoms with Gasteiger partial charge in [-0.05, 0) is 13.3 Å². The van der Waals surface area contributed by atoms with Crippen molar-refractivity contribution in [2.45, 2.75) is 20.3 Å². The zero-order chi connectivity index (χ0) is 13.9. The highest BCUT2D eigenvalue weighted by atomic mass is 32.1. The molecule has 1 unspecified atom stereocenters. The van der Waals surface area contributed by atoms with E-state index in [4.69, 9.17) is 0 Å². The molecule has 19 heavy (non-hydrogen) atoms. The van der Waals surface area contributed by atoms with Crippen LogP contribution in [0.1, 0.15) is 20.3 Å². The van der Waals surface area contributed by atoms with Crippen molar-refractivity contribution in [1.82, 2.24) is 9.88 Å². The van der Waals surface area contributed by atoms with Crippen LogP contribution < -0.4 is 4.90 Å². The molecule has 0 bridgehead atoms. The maximum absolute atomic E-state index is 11.3. The smallest absolute Gasteiger partial charge is 0.310 e. The summed E-state index contributed by atoms with van der Waals surface area (Å²) in [5.41, 5.74) is -0.636. The van der Waals surface area contributed by atoms with Crippen molar-refractivity contribution in [3.63, 3.8) is 0 Å². The quantitative estimate of drug-likeness (QED) is 0.892. The first-order chi connectivity index (χ1) is 9.05. The van der Waals surface area contributed by atoms with E-state index < -0.39 is 11.4 Å². The number of aromatic nitrogens is 1. The third kappa shape index (κ3) is 3.25. The van der Waals surface area contributed by atoms with Gasteiger partial charge < -0.3 is 10.0 Å². The maximum atomic E-state index is 11.3. The number of anilines is 1. The number of hydrogen-bond donors (Lipinski definition) is 1. The Morgan fingerprint density at radius 1 is 1.47 bits per heavy atom. The van der Waals surface area contributed by atoms with Crippen molar-refractivity contribution < 1.29 is 9.90 Å². The molecule has 1 aromatic heterocycles. The fraction of sp³-hybridized carbons (Fsp3) is 0.692. The summed E-state index contributed by atoms with van der Waals surface area (Å²) in [4.78, 5) is 20.2. The van der Waals surface area contributed by atoms with Crippen molar-refractivity contribution in [1.29, 1.82) is 0 Å². The number of carboxylic acid groups (broad SMARTS) is 1. The Labute approximate surface area is 117 Å². The van der Waals surface area contributed by atoms with Crippen LogP contribution in [0.2, 0.25) is 0 Å². The van der Waals surface area contributed by atoms with Gasteiger partial charge in [0, 0.05) is 44.3 Å². The van der Waals surface area contributed by atoms with E-state index in [1.54, 1.807) is 11.3 Å². The van der Waals surface area contributed by atoms with E-state index in [0.29, 0.717) is 13.0 Å². The van der Waals surface area contributed by atoms with E-state index in [9.17, 15) is 9.90 Å². The van der Waals surface area contributed by atoms with Gasteiger partial charge >= 0.3 is 5.97 Å². The summed E-state index contributed by atoms with van der Waals surface area (Å²) >= 11 is 1.66. The van der Waals surface area contributed by atoms with Crippen LogP contribution in [0.15, 0.2) is 11.6 Å². The van der Waals surface area contributed by atoms with Gasteiger partial charge in [0.25, 0.3) is 0 Å². The molecular formula is C13H21N3O2S. The molecule has 106 valence electrons. The van der Waals surface area contributed by atoms with Gasteiger partial charge in [0.2, 0.25) is 0 Å². The Balaban J connectivity index is 1.88. The lowest BCUT2D eigenvalue weighted by atomic mass is 9.87. The highest BCUT2D eigenvalue weighted by Gasteiger charge is 2.34.